The second-order valence-electron chi connectivity index (χ2n) is 9.94. The van der Waals surface area contributed by atoms with E-state index < -0.39 is 6.10 Å². The zero-order valence-corrected chi connectivity index (χ0v) is 23.7. The maximum atomic E-state index is 9.55. The Balaban J connectivity index is 2.43. The molecule has 1 saturated heterocycles. The Morgan fingerprint density at radius 2 is 1.88 bits per heavy atom. The maximum absolute atomic E-state index is 9.55. The summed E-state index contributed by atoms with van der Waals surface area (Å²) in [5.41, 5.74) is 0. The third-order valence-corrected chi connectivity index (χ3v) is 8.88. The minimum atomic E-state index is -0.453. The second-order valence-corrected chi connectivity index (χ2v) is 13.4. The molecule has 0 aliphatic carbocycles. The van der Waals surface area contributed by atoms with Crippen LogP contribution in [0.2, 0.25) is 0 Å². The summed E-state index contributed by atoms with van der Waals surface area (Å²) < 4.78 is 20.9. The molecule has 1 rings (SSSR count). The number of hydrogen-bond donors (Lipinski definition) is 3. The summed E-state index contributed by atoms with van der Waals surface area (Å²) in [5.74, 6) is 2.15. The molecular weight excluding hydrogens is 535 g/mol. The first kappa shape index (κ1) is 31.1. The first-order chi connectivity index (χ1) is 15.8. The fourth-order valence-electron chi connectivity index (χ4n) is 4.05. The van der Waals surface area contributed by atoms with Crippen LogP contribution in [-0.2, 0) is 14.2 Å². The Kier molecular flexibility index (Phi) is 17.3. The Morgan fingerprint density at radius 3 is 2.48 bits per heavy atom. The van der Waals surface area contributed by atoms with Gasteiger partial charge in [0.15, 0.2) is 0 Å². The first-order valence-electron chi connectivity index (χ1n) is 12.9. The zero-order valence-electron chi connectivity index (χ0n) is 21.5. The number of halogens is 1. The van der Waals surface area contributed by atoms with Crippen molar-refractivity contribution in [3.8, 4) is 0 Å². The molecule has 6 nitrogen and oxygen atoms in total. The summed E-state index contributed by atoms with van der Waals surface area (Å²) in [6.45, 7) is 12.7. The molecule has 0 bridgehead atoms. The molecular formula is C26H50IO6-. The molecule has 1 aliphatic heterocycles. The van der Waals surface area contributed by atoms with Crippen LogP contribution < -0.4 is 21.2 Å². The molecule has 7 heteroatoms. The van der Waals surface area contributed by atoms with E-state index in [2.05, 4.69) is 31.8 Å². The standard InChI is InChI=1S/C26H50IO6/c1-6-8-22(17-32-24(15-29)11-21(5)30)10-7-9-20(4)27-13-26(19(2)3)33-25-12-23(14-28)16-31-18-25/h13,19-25,28-30H,6-12,14-18H2,1-5H3/q-1/b26-13+/t20-,21?,22-,23?,24-,25+/m0/s1. The normalized spacial score (nSPS) is 23.5. The van der Waals surface area contributed by atoms with E-state index in [1.807, 2.05) is 0 Å². The quantitative estimate of drug-likeness (QED) is 0.127. The molecule has 0 spiro atoms. The zero-order chi connectivity index (χ0) is 24.6. The molecule has 0 aromatic heterocycles. The van der Waals surface area contributed by atoms with E-state index in [-0.39, 0.29) is 52.5 Å². The van der Waals surface area contributed by atoms with Gasteiger partial charge in [0.2, 0.25) is 0 Å². The number of aliphatic hydroxyl groups is 3. The van der Waals surface area contributed by atoms with E-state index in [0.29, 0.717) is 42.0 Å². The Hall–Kier alpha value is 0.0700. The average molecular weight is 586 g/mol. The fraction of sp³-hybridized carbons (Fsp3) is 0.923. The SMILES string of the molecule is CCC[C@@H](CCC[C@H](C)[I-]/C=C(/O[C@H]1COCC(CO)C1)C(C)C)CO[C@H](CO)CC(C)O. The molecule has 0 radical (unpaired) electrons. The van der Waals surface area contributed by atoms with Gasteiger partial charge in [0.25, 0.3) is 0 Å². The first-order valence-corrected chi connectivity index (χ1v) is 15.4. The van der Waals surface area contributed by atoms with Gasteiger partial charge >= 0.3 is 213 Å². The van der Waals surface area contributed by atoms with Crippen molar-refractivity contribution in [1.29, 1.82) is 0 Å². The van der Waals surface area contributed by atoms with Gasteiger partial charge in [-0.15, -0.1) is 0 Å². The van der Waals surface area contributed by atoms with Gasteiger partial charge in [0, 0.05) is 0 Å². The molecule has 3 N–H and O–H groups in total. The van der Waals surface area contributed by atoms with Gasteiger partial charge in [-0.25, -0.2) is 0 Å². The van der Waals surface area contributed by atoms with E-state index in [1.54, 1.807) is 6.92 Å². The third kappa shape index (κ3) is 14.3. The topological polar surface area (TPSA) is 88.4 Å². The molecule has 0 aromatic rings. The van der Waals surface area contributed by atoms with E-state index in [0.717, 1.165) is 31.4 Å². The molecule has 1 aliphatic rings. The van der Waals surface area contributed by atoms with Crippen LogP contribution in [-0.4, -0.2) is 70.6 Å². The molecule has 0 saturated carbocycles. The average Bonchev–Trinajstić information content (AvgIpc) is 2.78. The number of ether oxygens (including phenoxy) is 3. The van der Waals surface area contributed by atoms with Crippen LogP contribution in [0.1, 0.15) is 79.6 Å². The van der Waals surface area contributed by atoms with Gasteiger partial charge in [0.1, 0.15) is 0 Å². The Bertz CT molecular complexity index is 513. The fourth-order valence-corrected chi connectivity index (χ4v) is 6.69. The van der Waals surface area contributed by atoms with Crippen LogP contribution >= 0.6 is 0 Å². The van der Waals surface area contributed by atoms with Crippen molar-refractivity contribution in [3.05, 3.63) is 9.84 Å². The predicted molar refractivity (Wildman–Crippen MR) is 129 cm³/mol. The molecule has 33 heavy (non-hydrogen) atoms. The van der Waals surface area contributed by atoms with Crippen molar-refractivity contribution >= 4 is 0 Å². The summed E-state index contributed by atoms with van der Waals surface area (Å²) in [6, 6.07) is 0. The van der Waals surface area contributed by atoms with Crippen molar-refractivity contribution < 1.29 is 50.7 Å². The molecule has 0 aromatic carbocycles. The molecule has 2 unspecified atom stereocenters. The van der Waals surface area contributed by atoms with Crippen molar-refractivity contribution in [2.24, 2.45) is 17.8 Å². The van der Waals surface area contributed by atoms with Crippen molar-refractivity contribution in [1.82, 2.24) is 0 Å². The molecule has 198 valence electrons. The van der Waals surface area contributed by atoms with Crippen LogP contribution in [0.5, 0.6) is 0 Å². The number of aliphatic hydroxyl groups excluding tert-OH is 3. The van der Waals surface area contributed by atoms with Crippen LogP contribution in [0.3, 0.4) is 0 Å². The van der Waals surface area contributed by atoms with Gasteiger partial charge in [-0.05, 0) is 0 Å². The molecule has 1 heterocycles. The summed E-state index contributed by atoms with van der Waals surface area (Å²) in [5, 5.41) is 28.4. The van der Waals surface area contributed by atoms with E-state index >= 15 is 0 Å². The summed E-state index contributed by atoms with van der Waals surface area (Å²) >= 11 is -0.0977. The second kappa shape index (κ2) is 18.4. The van der Waals surface area contributed by atoms with Gasteiger partial charge in [-0.3, -0.25) is 0 Å². The predicted octanol–water partition coefficient (Wildman–Crippen LogP) is 1.11. The number of rotatable bonds is 18. The van der Waals surface area contributed by atoms with Gasteiger partial charge in [-0.1, -0.05) is 0 Å². The van der Waals surface area contributed by atoms with Crippen LogP contribution in [0, 0.1) is 17.8 Å². The molecule has 0 amide bonds. The van der Waals surface area contributed by atoms with E-state index in [4.69, 9.17) is 14.2 Å². The van der Waals surface area contributed by atoms with E-state index in [1.165, 1.54) is 12.8 Å². The number of hydrogen-bond acceptors (Lipinski definition) is 6. The number of alkyl halides is 1. The van der Waals surface area contributed by atoms with Crippen molar-refractivity contribution in [3.63, 3.8) is 0 Å². The Labute approximate surface area is 212 Å². The summed E-state index contributed by atoms with van der Waals surface area (Å²) in [7, 11) is 0. The van der Waals surface area contributed by atoms with Crippen molar-refractivity contribution in [2.75, 3.05) is 33.0 Å². The van der Waals surface area contributed by atoms with Crippen LogP contribution in [0.25, 0.3) is 0 Å². The minimum absolute atomic E-state index is 0.0363. The van der Waals surface area contributed by atoms with E-state index in [9.17, 15) is 15.3 Å². The Morgan fingerprint density at radius 1 is 1.12 bits per heavy atom. The van der Waals surface area contributed by atoms with Gasteiger partial charge < -0.3 is 0 Å². The monoisotopic (exact) mass is 585 g/mol. The summed E-state index contributed by atoms with van der Waals surface area (Å²) in [4.78, 5) is 0. The van der Waals surface area contributed by atoms with Gasteiger partial charge in [0.05, 0.1) is 0 Å². The number of allylic oxidation sites excluding steroid dienone is 1. The van der Waals surface area contributed by atoms with Crippen LogP contribution in [0.4, 0.5) is 0 Å². The molecule has 6 atom stereocenters. The van der Waals surface area contributed by atoms with Gasteiger partial charge in [-0.2, -0.15) is 0 Å². The van der Waals surface area contributed by atoms with Crippen LogP contribution in [0.15, 0.2) is 9.84 Å². The third-order valence-electron chi connectivity index (χ3n) is 6.06. The van der Waals surface area contributed by atoms with Crippen molar-refractivity contribution in [2.45, 2.75) is 102 Å². The molecule has 1 fully saturated rings. The summed E-state index contributed by atoms with van der Waals surface area (Å²) in [6.07, 6.45) is 6.50.